The van der Waals surface area contributed by atoms with Gasteiger partial charge in [0.05, 0.1) is 23.0 Å². The van der Waals surface area contributed by atoms with Crippen molar-refractivity contribution in [3.8, 4) is 0 Å². The Morgan fingerprint density at radius 2 is 2.09 bits per heavy atom. The Bertz CT molecular complexity index is 1010. The molecule has 1 aliphatic heterocycles. The highest BCUT2D eigenvalue weighted by molar-refractivity contribution is 7.92. The predicted octanol–water partition coefficient (Wildman–Crippen LogP) is 2.84. The molecule has 0 saturated heterocycles. The molecule has 1 aromatic carbocycles. The molecule has 0 saturated carbocycles. The van der Waals surface area contributed by atoms with Crippen LogP contribution in [0, 0.1) is 6.92 Å². The molecule has 0 bridgehead atoms. The van der Waals surface area contributed by atoms with Gasteiger partial charge in [-0.1, -0.05) is 30.3 Å². The van der Waals surface area contributed by atoms with E-state index < -0.39 is 10.0 Å². The molecule has 1 aliphatic rings. The van der Waals surface area contributed by atoms with Crippen molar-refractivity contribution in [2.24, 2.45) is 0 Å². The first kappa shape index (κ1) is 14.2. The van der Waals surface area contributed by atoms with Crippen LogP contribution in [-0.4, -0.2) is 25.1 Å². The Balaban J connectivity index is 1.85. The zero-order chi connectivity index (χ0) is 16.2. The van der Waals surface area contributed by atoms with Crippen LogP contribution in [0.4, 0.5) is 5.69 Å². The molecule has 23 heavy (non-hydrogen) atoms. The summed E-state index contributed by atoms with van der Waals surface area (Å²) in [6, 6.07) is 9.17. The smallest absolute Gasteiger partial charge is 0.265 e. The van der Waals surface area contributed by atoms with Crippen LogP contribution in [-0.2, 0) is 10.0 Å². The average Bonchev–Trinajstić information content (AvgIpc) is 3.09. The lowest BCUT2D eigenvalue weighted by Crippen LogP contribution is -2.29. The SMILES string of the molecule is Cc1noc2ncc(S(=O)(=O)N3CC(C)c4ccccc43)cc12. The zero-order valence-corrected chi connectivity index (χ0v) is 13.5. The minimum absolute atomic E-state index is 0.153. The van der Waals surface area contributed by atoms with Crippen LogP contribution < -0.4 is 4.31 Å². The fraction of sp³-hybridized carbons (Fsp3) is 0.250. The quantitative estimate of drug-likeness (QED) is 0.722. The molecule has 3 heterocycles. The monoisotopic (exact) mass is 329 g/mol. The van der Waals surface area contributed by atoms with Gasteiger partial charge in [0.1, 0.15) is 4.90 Å². The lowest BCUT2D eigenvalue weighted by Gasteiger charge is -2.19. The van der Waals surface area contributed by atoms with Gasteiger partial charge in [0, 0.05) is 12.5 Å². The van der Waals surface area contributed by atoms with E-state index in [1.165, 1.54) is 10.5 Å². The van der Waals surface area contributed by atoms with Crippen molar-refractivity contribution in [3.05, 3.63) is 47.8 Å². The molecule has 6 nitrogen and oxygen atoms in total. The number of hydrogen-bond acceptors (Lipinski definition) is 5. The number of aryl methyl sites for hydroxylation is 1. The van der Waals surface area contributed by atoms with Gasteiger partial charge in [-0.15, -0.1) is 0 Å². The Morgan fingerprint density at radius 3 is 2.91 bits per heavy atom. The van der Waals surface area contributed by atoms with Gasteiger partial charge in [-0.3, -0.25) is 4.31 Å². The van der Waals surface area contributed by atoms with E-state index in [1.807, 2.05) is 31.2 Å². The lowest BCUT2D eigenvalue weighted by atomic mass is 10.0. The third kappa shape index (κ3) is 2.03. The minimum Gasteiger partial charge on any atom is -0.336 e. The number of rotatable bonds is 2. The number of sulfonamides is 1. The summed E-state index contributed by atoms with van der Waals surface area (Å²) in [5.41, 5.74) is 2.75. The third-order valence-electron chi connectivity index (χ3n) is 4.25. The van der Waals surface area contributed by atoms with Gasteiger partial charge in [-0.2, -0.15) is 0 Å². The molecule has 0 amide bonds. The van der Waals surface area contributed by atoms with Gasteiger partial charge in [-0.05, 0) is 24.6 Å². The Labute approximate surface area is 133 Å². The first-order valence-electron chi connectivity index (χ1n) is 7.32. The molecule has 1 unspecified atom stereocenters. The summed E-state index contributed by atoms with van der Waals surface area (Å²) >= 11 is 0. The second-order valence-electron chi connectivity index (χ2n) is 5.79. The van der Waals surface area contributed by atoms with Crippen LogP contribution in [0.15, 0.2) is 45.9 Å². The number of para-hydroxylation sites is 1. The minimum atomic E-state index is -3.67. The molecule has 1 atom stereocenters. The number of fused-ring (bicyclic) bond motifs is 2. The first-order valence-corrected chi connectivity index (χ1v) is 8.76. The Hall–Kier alpha value is -2.41. The predicted molar refractivity (Wildman–Crippen MR) is 85.9 cm³/mol. The van der Waals surface area contributed by atoms with Gasteiger partial charge in [0.2, 0.25) is 0 Å². The topological polar surface area (TPSA) is 76.3 Å². The highest BCUT2D eigenvalue weighted by atomic mass is 32.2. The second kappa shape index (κ2) is 4.79. The van der Waals surface area contributed by atoms with Gasteiger partial charge in [-0.25, -0.2) is 13.4 Å². The second-order valence-corrected chi connectivity index (χ2v) is 7.65. The lowest BCUT2D eigenvalue weighted by molar-refractivity contribution is 0.442. The zero-order valence-electron chi connectivity index (χ0n) is 12.7. The van der Waals surface area contributed by atoms with Gasteiger partial charge < -0.3 is 4.52 Å². The van der Waals surface area contributed by atoms with E-state index >= 15 is 0 Å². The van der Waals surface area contributed by atoms with E-state index in [4.69, 9.17) is 4.52 Å². The van der Waals surface area contributed by atoms with Crippen LogP contribution >= 0.6 is 0 Å². The van der Waals surface area contributed by atoms with Crippen LogP contribution in [0.1, 0.15) is 24.1 Å². The van der Waals surface area contributed by atoms with Crippen molar-refractivity contribution in [1.29, 1.82) is 0 Å². The van der Waals surface area contributed by atoms with Crippen LogP contribution in [0.3, 0.4) is 0 Å². The molecule has 3 aromatic rings. The number of anilines is 1. The van der Waals surface area contributed by atoms with Crippen LogP contribution in [0.25, 0.3) is 11.1 Å². The van der Waals surface area contributed by atoms with Crippen molar-refractivity contribution in [2.75, 3.05) is 10.8 Å². The fourth-order valence-corrected chi connectivity index (χ4v) is 4.55. The van der Waals surface area contributed by atoms with Gasteiger partial charge in [0.15, 0.2) is 0 Å². The molecule has 0 fully saturated rings. The average molecular weight is 329 g/mol. The molecule has 0 spiro atoms. The summed E-state index contributed by atoms with van der Waals surface area (Å²) in [4.78, 5) is 4.23. The number of benzene rings is 1. The Morgan fingerprint density at radius 1 is 1.30 bits per heavy atom. The molecule has 0 radical (unpaired) electrons. The largest absolute Gasteiger partial charge is 0.336 e. The van der Waals surface area contributed by atoms with Crippen LogP contribution in [0.2, 0.25) is 0 Å². The summed E-state index contributed by atoms with van der Waals surface area (Å²) in [7, 11) is -3.67. The molecule has 118 valence electrons. The number of nitrogens with zero attached hydrogens (tertiary/aromatic N) is 3. The molecular weight excluding hydrogens is 314 g/mol. The van der Waals surface area contributed by atoms with E-state index in [0.717, 1.165) is 11.3 Å². The molecular formula is C16H15N3O3S. The number of pyridine rings is 1. The van der Waals surface area contributed by atoms with Crippen molar-refractivity contribution >= 4 is 26.8 Å². The summed E-state index contributed by atoms with van der Waals surface area (Å²) in [5.74, 6) is 0.162. The van der Waals surface area contributed by atoms with Crippen molar-refractivity contribution in [3.63, 3.8) is 0 Å². The number of hydrogen-bond donors (Lipinski definition) is 0. The first-order chi connectivity index (χ1) is 11.0. The molecule has 0 N–H and O–H groups in total. The molecule has 2 aromatic heterocycles. The maximum Gasteiger partial charge on any atom is 0.265 e. The van der Waals surface area contributed by atoms with Crippen LogP contribution in [0.5, 0.6) is 0 Å². The molecule has 0 aliphatic carbocycles. The highest BCUT2D eigenvalue weighted by Gasteiger charge is 2.34. The van der Waals surface area contributed by atoms with E-state index in [-0.39, 0.29) is 10.8 Å². The normalized spacial score (nSPS) is 17.7. The van der Waals surface area contributed by atoms with Crippen molar-refractivity contribution in [2.45, 2.75) is 24.7 Å². The summed E-state index contributed by atoms with van der Waals surface area (Å²) in [5, 5.41) is 4.44. The maximum atomic E-state index is 13.1. The van der Waals surface area contributed by atoms with E-state index in [2.05, 4.69) is 10.1 Å². The molecule has 4 rings (SSSR count). The fourth-order valence-electron chi connectivity index (χ4n) is 3.00. The highest BCUT2D eigenvalue weighted by Crippen LogP contribution is 2.39. The molecule has 7 heteroatoms. The van der Waals surface area contributed by atoms with E-state index in [1.54, 1.807) is 13.0 Å². The third-order valence-corrected chi connectivity index (χ3v) is 5.99. The summed E-state index contributed by atoms with van der Waals surface area (Å²) in [6.07, 6.45) is 1.33. The standard InChI is InChI=1S/C16H15N3O3S/c1-10-9-19(15-6-4-3-5-13(10)15)23(20,21)12-7-14-11(2)18-22-16(14)17-8-12/h3-8,10H,9H2,1-2H3. The summed E-state index contributed by atoms with van der Waals surface area (Å²) < 4.78 is 32.6. The van der Waals surface area contributed by atoms with Crippen molar-refractivity contribution < 1.29 is 12.9 Å². The Kier molecular flexibility index (Phi) is 2.96. The maximum absolute atomic E-state index is 13.1. The van der Waals surface area contributed by atoms with E-state index in [9.17, 15) is 8.42 Å². The van der Waals surface area contributed by atoms with Gasteiger partial charge >= 0.3 is 0 Å². The number of aromatic nitrogens is 2. The summed E-state index contributed by atoms with van der Waals surface area (Å²) in [6.45, 7) is 4.22. The van der Waals surface area contributed by atoms with Crippen molar-refractivity contribution in [1.82, 2.24) is 10.1 Å². The van der Waals surface area contributed by atoms with Gasteiger partial charge in [0.25, 0.3) is 15.7 Å². The van der Waals surface area contributed by atoms with E-state index in [0.29, 0.717) is 23.3 Å².